The molecule has 2 heterocycles. The van der Waals surface area contributed by atoms with Gasteiger partial charge in [-0.1, -0.05) is 35.7 Å². The van der Waals surface area contributed by atoms with Gasteiger partial charge < -0.3 is 4.42 Å². The largest absolute Gasteiger partial charge is 0.431 e. The van der Waals surface area contributed by atoms with Gasteiger partial charge in [0.05, 0.1) is 5.75 Å². The van der Waals surface area contributed by atoms with Crippen molar-refractivity contribution >= 4 is 57.6 Å². The molecule has 0 unspecified atom stereocenters. The molecule has 0 radical (unpaired) electrons. The molecule has 1 saturated heterocycles. The van der Waals surface area contributed by atoms with Crippen molar-refractivity contribution in [3.63, 3.8) is 0 Å². The Morgan fingerprint density at radius 3 is 2.72 bits per heavy atom. The van der Waals surface area contributed by atoms with Gasteiger partial charge in [0.15, 0.2) is 5.58 Å². The summed E-state index contributed by atoms with van der Waals surface area (Å²) in [6.45, 7) is 0. The van der Waals surface area contributed by atoms with Gasteiger partial charge in [0.25, 0.3) is 10.5 Å². The number of hydrogen-bond donors (Lipinski definition) is 3. The Hall–Kier alpha value is -2.53. The first kappa shape index (κ1) is 17.3. The van der Waals surface area contributed by atoms with Gasteiger partial charge in [0, 0.05) is 6.42 Å². The Kier molecular flexibility index (Phi) is 5.24. The number of hydrogen-bond acceptors (Lipinski definition) is 8. The topological polar surface area (TPSA) is 130 Å². The van der Waals surface area contributed by atoms with Crippen LogP contribution in [0.5, 0.6) is 0 Å². The lowest BCUT2D eigenvalue weighted by atomic mass is 10.3. The number of imide groups is 1. The van der Waals surface area contributed by atoms with Crippen LogP contribution in [0.2, 0.25) is 0 Å². The number of nitrogens with one attached hydrogen (secondary N) is 3. The molecule has 0 saturated carbocycles. The van der Waals surface area contributed by atoms with Crippen molar-refractivity contribution < 1.29 is 23.6 Å². The van der Waals surface area contributed by atoms with Crippen molar-refractivity contribution in [1.29, 1.82) is 0 Å². The predicted octanol–water partition coefficient (Wildman–Crippen LogP) is 0.809. The smallest absolute Gasteiger partial charge is 0.286 e. The Labute approximate surface area is 149 Å². The third kappa shape index (κ3) is 4.51. The fourth-order valence-electron chi connectivity index (χ4n) is 1.96. The summed E-state index contributed by atoms with van der Waals surface area (Å²) in [5.74, 6) is -1.55. The molecule has 1 fully saturated rings. The molecule has 1 aliphatic heterocycles. The summed E-state index contributed by atoms with van der Waals surface area (Å²) < 4.78 is 5.46. The Bertz CT molecular complexity index is 820. The Morgan fingerprint density at radius 1 is 1.24 bits per heavy atom. The van der Waals surface area contributed by atoms with Crippen LogP contribution < -0.4 is 16.2 Å². The number of nitrogens with zero attached hydrogens (tertiary/aromatic N) is 1. The third-order valence-corrected chi connectivity index (χ3v) is 4.89. The van der Waals surface area contributed by atoms with Gasteiger partial charge in [0.2, 0.25) is 17.7 Å². The molecule has 3 N–H and O–H groups in total. The predicted molar refractivity (Wildman–Crippen MR) is 90.6 cm³/mol. The van der Waals surface area contributed by atoms with E-state index in [4.69, 9.17) is 4.42 Å². The minimum absolute atomic E-state index is 0.00967. The highest BCUT2D eigenvalue weighted by molar-refractivity contribution is 8.15. The fourth-order valence-corrected chi connectivity index (χ4v) is 3.42. The maximum Gasteiger partial charge on any atom is 0.286 e. The van der Waals surface area contributed by atoms with Crippen LogP contribution in [0, 0.1) is 0 Å². The van der Waals surface area contributed by atoms with E-state index in [0.717, 1.165) is 23.5 Å². The van der Waals surface area contributed by atoms with Gasteiger partial charge in [-0.2, -0.15) is 0 Å². The van der Waals surface area contributed by atoms with Gasteiger partial charge in [-0.05, 0) is 12.1 Å². The van der Waals surface area contributed by atoms with Crippen LogP contribution in [0.15, 0.2) is 33.9 Å². The number of amides is 4. The van der Waals surface area contributed by atoms with Crippen LogP contribution in [-0.4, -0.2) is 38.9 Å². The van der Waals surface area contributed by atoms with Crippen molar-refractivity contribution in [2.75, 3.05) is 5.75 Å². The lowest BCUT2D eigenvalue weighted by Crippen LogP contribution is -2.44. The lowest BCUT2D eigenvalue weighted by Gasteiger charge is -2.08. The highest BCUT2D eigenvalue weighted by atomic mass is 32.2. The molecular weight excluding hydrogens is 368 g/mol. The van der Waals surface area contributed by atoms with Crippen molar-refractivity contribution in [3.8, 4) is 0 Å². The number of para-hydroxylation sites is 2. The van der Waals surface area contributed by atoms with Crippen LogP contribution >= 0.6 is 23.5 Å². The number of carbonyl (C=O) groups excluding carboxylic acids is 4. The summed E-state index contributed by atoms with van der Waals surface area (Å²) in [6.07, 6.45) is -0.208. The van der Waals surface area contributed by atoms with Crippen LogP contribution in [0.3, 0.4) is 0 Å². The number of thioether (sulfide) groups is 2. The highest BCUT2D eigenvalue weighted by Gasteiger charge is 2.33. The Morgan fingerprint density at radius 2 is 2.00 bits per heavy atom. The summed E-state index contributed by atoms with van der Waals surface area (Å²) in [7, 11) is 0. The first-order valence-corrected chi connectivity index (χ1v) is 8.95. The second-order valence-corrected chi connectivity index (χ2v) is 7.02. The molecule has 1 atom stereocenters. The van der Waals surface area contributed by atoms with Gasteiger partial charge in [0.1, 0.15) is 10.8 Å². The van der Waals surface area contributed by atoms with Crippen molar-refractivity contribution in [3.05, 3.63) is 24.3 Å². The van der Waals surface area contributed by atoms with E-state index in [1.807, 2.05) is 12.1 Å². The second-order valence-electron chi connectivity index (χ2n) is 4.92. The number of carbonyl (C=O) groups is 4. The minimum atomic E-state index is -0.779. The van der Waals surface area contributed by atoms with E-state index in [-0.39, 0.29) is 12.2 Å². The SMILES string of the molecule is O=C(CSc1nc2ccccc2o1)NNC(=O)C[C@@H]1SC(=O)NC1=O. The molecule has 1 aromatic heterocycles. The Balaban J connectivity index is 1.41. The zero-order valence-corrected chi connectivity index (χ0v) is 14.2. The molecule has 0 bridgehead atoms. The van der Waals surface area contributed by atoms with E-state index in [1.165, 1.54) is 0 Å². The van der Waals surface area contributed by atoms with Crippen molar-refractivity contribution in [2.45, 2.75) is 16.9 Å². The molecular formula is C14H12N4O5S2. The van der Waals surface area contributed by atoms with E-state index in [0.29, 0.717) is 16.3 Å². The van der Waals surface area contributed by atoms with Gasteiger partial charge >= 0.3 is 0 Å². The number of aromatic nitrogens is 1. The van der Waals surface area contributed by atoms with E-state index in [1.54, 1.807) is 12.1 Å². The number of hydrazine groups is 1. The molecule has 0 spiro atoms. The molecule has 9 nitrogen and oxygen atoms in total. The zero-order valence-electron chi connectivity index (χ0n) is 12.6. The maximum absolute atomic E-state index is 11.7. The first-order chi connectivity index (χ1) is 12.0. The average Bonchev–Trinajstić information content (AvgIpc) is 3.13. The molecule has 1 aromatic carbocycles. The summed E-state index contributed by atoms with van der Waals surface area (Å²) in [4.78, 5) is 50.0. The summed E-state index contributed by atoms with van der Waals surface area (Å²) in [5.41, 5.74) is 5.75. The highest BCUT2D eigenvalue weighted by Crippen LogP contribution is 2.23. The molecule has 25 heavy (non-hydrogen) atoms. The normalized spacial score (nSPS) is 16.7. The molecule has 130 valence electrons. The molecule has 1 aliphatic rings. The fraction of sp³-hybridized carbons (Fsp3) is 0.214. The monoisotopic (exact) mass is 380 g/mol. The number of rotatable bonds is 5. The number of benzene rings is 1. The molecule has 11 heteroatoms. The average molecular weight is 380 g/mol. The van der Waals surface area contributed by atoms with Crippen molar-refractivity contribution in [1.82, 2.24) is 21.2 Å². The summed E-state index contributed by atoms with van der Waals surface area (Å²) in [6, 6.07) is 7.22. The van der Waals surface area contributed by atoms with E-state index in [9.17, 15) is 19.2 Å². The number of oxazole rings is 1. The minimum Gasteiger partial charge on any atom is -0.431 e. The standard InChI is InChI=1S/C14H12N4O5S2/c19-10(5-9-12(21)16-13(22)25-9)17-18-11(20)6-24-14-15-7-3-1-2-4-8(7)23-14/h1-4,9H,5-6H2,(H,17,19)(H,18,20)(H,16,21,22)/t9-/m0/s1. The third-order valence-electron chi connectivity index (χ3n) is 3.08. The number of fused-ring (bicyclic) bond motifs is 1. The summed E-state index contributed by atoms with van der Waals surface area (Å²) >= 11 is 1.83. The van der Waals surface area contributed by atoms with Crippen LogP contribution in [0.4, 0.5) is 4.79 Å². The molecule has 3 rings (SSSR count). The van der Waals surface area contributed by atoms with Gasteiger partial charge in [-0.25, -0.2) is 4.98 Å². The maximum atomic E-state index is 11.7. The van der Waals surface area contributed by atoms with Gasteiger partial charge in [-0.15, -0.1) is 0 Å². The summed E-state index contributed by atoms with van der Waals surface area (Å²) in [5, 5.41) is 1.17. The second kappa shape index (κ2) is 7.57. The molecule has 2 aromatic rings. The van der Waals surface area contributed by atoms with E-state index < -0.39 is 28.2 Å². The van der Waals surface area contributed by atoms with Crippen LogP contribution in [-0.2, 0) is 14.4 Å². The van der Waals surface area contributed by atoms with E-state index in [2.05, 4.69) is 21.2 Å². The molecule has 0 aliphatic carbocycles. The quantitative estimate of drug-likeness (QED) is 0.513. The zero-order chi connectivity index (χ0) is 17.8. The first-order valence-electron chi connectivity index (χ1n) is 7.09. The van der Waals surface area contributed by atoms with Crippen LogP contribution in [0.25, 0.3) is 11.1 Å². The van der Waals surface area contributed by atoms with Gasteiger partial charge in [-0.3, -0.25) is 35.3 Å². The van der Waals surface area contributed by atoms with Crippen molar-refractivity contribution in [2.24, 2.45) is 0 Å². The van der Waals surface area contributed by atoms with Crippen LogP contribution in [0.1, 0.15) is 6.42 Å². The lowest BCUT2D eigenvalue weighted by molar-refractivity contribution is -0.128. The van der Waals surface area contributed by atoms with E-state index >= 15 is 0 Å². The molecule has 4 amide bonds.